The molecule has 0 saturated heterocycles. The van der Waals surface area contributed by atoms with Crippen LogP contribution in [0, 0.1) is 5.92 Å². The van der Waals surface area contributed by atoms with Gasteiger partial charge in [0.25, 0.3) is 5.91 Å². The second-order valence-electron chi connectivity index (χ2n) is 6.96. The third-order valence-electron chi connectivity index (χ3n) is 4.79. The van der Waals surface area contributed by atoms with Crippen LogP contribution in [0.25, 0.3) is 0 Å². The number of alkyl halides is 2. The summed E-state index contributed by atoms with van der Waals surface area (Å²) >= 11 is 13.6. The van der Waals surface area contributed by atoms with Gasteiger partial charge in [0.15, 0.2) is 0 Å². The van der Waals surface area contributed by atoms with Gasteiger partial charge in [0, 0.05) is 22.7 Å². The molecule has 0 heterocycles. The van der Waals surface area contributed by atoms with Crippen LogP contribution < -0.4 is 11.0 Å². The standard InChI is InChI=1S/C16H28Cl2N2O4S/c1-10-3-6-13(7-4-10)25-24-23-20-19-16(21)11(2)22-15-8-5-12(17)9-14(15)18/h10-15,20H,3-9H2,1-2H3,(H,19,21). The summed E-state index contributed by atoms with van der Waals surface area (Å²) in [6, 6.07) is 0. The first-order valence-corrected chi connectivity index (χ1v) is 10.6. The maximum Gasteiger partial charge on any atom is 0.264 e. The second-order valence-corrected chi connectivity index (χ2v) is 9.14. The molecule has 0 aromatic rings. The molecule has 0 radical (unpaired) electrons. The molecule has 25 heavy (non-hydrogen) atoms. The van der Waals surface area contributed by atoms with Gasteiger partial charge in [-0.3, -0.25) is 10.2 Å². The molecule has 2 saturated carbocycles. The number of ether oxygens (including phenoxy) is 1. The molecule has 0 aromatic heterocycles. The van der Waals surface area contributed by atoms with Crippen molar-refractivity contribution >= 4 is 41.2 Å². The molecule has 0 aromatic carbocycles. The maximum absolute atomic E-state index is 12.0. The Morgan fingerprint density at radius 2 is 1.88 bits per heavy atom. The topological polar surface area (TPSA) is 68.8 Å². The molecule has 1 amide bonds. The Morgan fingerprint density at radius 1 is 1.16 bits per heavy atom. The van der Waals surface area contributed by atoms with Gasteiger partial charge in [-0.1, -0.05) is 12.5 Å². The van der Waals surface area contributed by atoms with Crippen LogP contribution in [0.1, 0.15) is 58.8 Å². The maximum atomic E-state index is 12.0. The molecular weight excluding hydrogens is 387 g/mol. The van der Waals surface area contributed by atoms with E-state index in [0.717, 1.165) is 31.6 Å². The average Bonchev–Trinajstić information content (AvgIpc) is 2.58. The van der Waals surface area contributed by atoms with E-state index in [1.54, 1.807) is 6.92 Å². The van der Waals surface area contributed by atoms with Crippen molar-refractivity contribution < 1.29 is 18.9 Å². The molecule has 6 nitrogen and oxygen atoms in total. The fourth-order valence-corrected chi connectivity index (χ4v) is 4.57. The Hall–Kier alpha value is 0.240. The highest BCUT2D eigenvalue weighted by molar-refractivity contribution is 7.95. The van der Waals surface area contributed by atoms with Crippen LogP contribution in [0.15, 0.2) is 0 Å². The van der Waals surface area contributed by atoms with Crippen molar-refractivity contribution in [2.24, 2.45) is 5.92 Å². The Kier molecular flexibility index (Phi) is 9.62. The van der Waals surface area contributed by atoms with E-state index in [2.05, 4.69) is 17.9 Å². The lowest BCUT2D eigenvalue weighted by molar-refractivity contribution is -0.257. The molecule has 0 spiro atoms. The summed E-state index contributed by atoms with van der Waals surface area (Å²) in [4.78, 5) is 16.8. The summed E-state index contributed by atoms with van der Waals surface area (Å²) in [6.07, 6.45) is 6.14. The van der Waals surface area contributed by atoms with E-state index in [1.165, 1.54) is 24.9 Å². The Morgan fingerprint density at radius 3 is 2.56 bits per heavy atom. The molecule has 0 aliphatic heterocycles. The number of rotatable bonds is 8. The number of hydrogen-bond donors (Lipinski definition) is 2. The van der Waals surface area contributed by atoms with Crippen molar-refractivity contribution in [3.05, 3.63) is 0 Å². The lowest BCUT2D eigenvalue weighted by atomic mass is 9.91. The third-order valence-corrected chi connectivity index (χ3v) is 6.53. The molecule has 2 rings (SSSR count). The van der Waals surface area contributed by atoms with Crippen LogP contribution in [0.5, 0.6) is 0 Å². The number of halogens is 2. The molecule has 2 fully saturated rings. The summed E-state index contributed by atoms with van der Waals surface area (Å²) in [5, 5.41) is 0.353. The predicted octanol–water partition coefficient (Wildman–Crippen LogP) is 3.87. The molecule has 9 heteroatoms. The van der Waals surface area contributed by atoms with Crippen molar-refractivity contribution in [2.75, 3.05) is 0 Å². The minimum Gasteiger partial charge on any atom is -0.364 e. The Balaban J connectivity index is 1.54. The van der Waals surface area contributed by atoms with E-state index < -0.39 is 6.10 Å². The van der Waals surface area contributed by atoms with Gasteiger partial charge in [-0.2, -0.15) is 0 Å². The molecule has 2 N–H and O–H groups in total. The quantitative estimate of drug-likeness (QED) is 0.206. The fourth-order valence-electron chi connectivity index (χ4n) is 3.11. The monoisotopic (exact) mass is 414 g/mol. The minimum atomic E-state index is -0.651. The van der Waals surface area contributed by atoms with Crippen LogP contribution in [-0.4, -0.2) is 34.1 Å². The molecule has 4 unspecified atom stereocenters. The summed E-state index contributed by atoms with van der Waals surface area (Å²) in [6.45, 7) is 3.94. The van der Waals surface area contributed by atoms with Crippen molar-refractivity contribution in [3.63, 3.8) is 0 Å². The van der Waals surface area contributed by atoms with Crippen LogP contribution in [-0.2, 0) is 18.9 Å². The van der Waals surface area contributed by atoms with E-state index in [9.17, 15) is 4.79 Å². The van der Waals surface area contributed by atoms with E-state index in [-0.39, 0.29) is 22.8 Å². The van der Waals surface area contributed by atoms with Gasteiger partial charge in [-0.05, 0) is 57.8 Å². The SMILES string of the molecule is CC1CCC(SOONNC(=O)C(C)OC2CCC(Cl)CC2Cl)CC1. The lowest BCUT2D eigenvalue weighted by Crippen LogP contribution is -2.46. The second kappa shape index (κ2) is 11.2. The third kappa shape index (κ3) is 7.79. The van der Waals surface area contributed by atoms with E-state index in [1.807, 2.05) is 0 Å². The van der Waals surface area contributed by atoms with E-state index in [0.29, 0.717) is 11.7 Å². The normalized spacial score (nSPS) is 34.5. The first-order chi connectivity index (χ1) is 12.0. The zero-order valence-electron chi connectivity index (χ0n) is 14.7. The van der Waals surface area contributed by atoms with Crippen LogP contribution >= 0.6 is 35.2 Å². The number of amides is 1. The van der Waals surface area contributed by atoms with E-state index in [4.69, 9.17) is 37.3 Å². The number of hydrazine groups is 1. The summed E-state index contributed by atoms with van der Waals surface area (Å²) in [7, 11) is 0. The molecular formula is C16H28Cl2N2O4S. The van der Waals surface area contributed by atoms with Gasteiger partial charge >= 0.3 is 0 Å². The van der Waals surface area contributed by atoms with Gasteiger partial charge in [0.2, 0.25) is 0 Å². The van der Waals surface area contributed by atoms with Crippen LogP contribution in [0.3, 0.4) is 0 Å². The van der Waals surface area contributed by atoms with Crippen molar-refractivity contribution in [3.8, 4) is 0 Å². The fraction of sp³-hybridized carbons (Fsp3) is 0.938. The largest absolute Gasteiger partial charge is 0.364 e. The predicted molar refractivity (Wildman–Crippen MR) is 99.9 cm³/mol. The average molecular weight is 415 g/mol. The van der Waals surface area contributed by atoms with Gasteiger partial charge in [-0.15, -0.1) is 32.5 Å². The highest BCUT2D eigenvalue weighted by atomic mass is 35.5. The van der Waals surface area contributed by atoms with Crippen molar-refractivity contribution in [2.45, 2.75) is 87.0 Å². The van der Waals surface area contributed by atoms with Gasteiger partial charge < -0.3 is 4.74 Å². The minimum absolute atomic E-state index is 0.0866. The summed E-state index contributed by atoms with van der Waals surface area (Å²) in [5.41, 5.74) is 4.69. The first-order valence-electron chi connectivity index (χ1n) is 8.93. The highest BCUT2D eigenvalue weighted by Crippen LogP contribution is 2.32. The van der Waals surface area contributed by atoms with Gasteiger partial charge in [0.05, 0.1) is 11.5 Å². The first kappa shape index (κ1) is 21.5. The zero-order chi connectivity index (χ0) is 18.2. The van der Waals surface area contributed by atoms with Crippen LogP contribution in [0.4, 0.5) is 0 Å². The number of nitrogens with one attached hydrogen (secondary N) is 2. The van der Waals surface area contributed by atoms with Crippen molar-refractivity contribution in [1.82, 2.24) is 11.0 Å². The smallest absolute Gasteiger partial charge is 0.264 e. The molecule has 4 atom stereocenters. The lowest BCUT2D eigenvalue weighted by Gasteiger charge is -2.31. The highest BCUT2D eigenvalue weighted by Gasteiger charge is 2.31. The molecule has 2 aliphatic carbocycles. The van der Waals surface area contributed by atoms with E-state index >= 15 is 0 Å². The Labute approximate surface area is 164 Å². The zero-order valence-corrected chi connectivity index (χ0v) is 17.0. The van der Waals surface area contributed by atoms with Crippen LogP contribution in [0.2, 0.25) is 0 Å². The summed E-state index contributed by atoms with van der Waals surface area (Å²) in [5.74, 6) is 0.445. The van der Waals surface area contributed by atoms with Gasteiger partial charge in [0.1, 0.15) is 6.10 Å². The summed E-state index contributed by atoms with van der Waals surface area (Å²) < 4.78 is 10.8. The molecule has 0 bridgehead atoms. The Bertz CT molecular complexity index is 414. The molecule has 146 valence electrons. The van der Waals surface area contributed by atoms with Gasteiger partial charge in [-0.25, -0.2) is 0 Å². The number of carbonyl (C=O) groups is 1. The number of carbonyl (C=O) groups excluding carboxylic acids is 1. The molecule has 2 aliphatic rings. The number of hydrogen-bond acceptors (Lipinski definition) is 6. The van der Waals surface area contributed by atoms with Crippen molar-refractivity contribution in [1.29, 1.82) is 0 Å².